The predicted molar refractivity (Wildman–Crippen MR) is 58.9 cm³/mol. The molecule has 92 valence electrons. The second-order valence-electron chi connectivity index (χ2n) is 3.91. The number of carbonyl (C=O) groups excluding carboxylic acids is 2. The highest BCUT2D eigenvalue weighted by Crippen LogP contribution is 2.05. The molecule has 0 unspecified atom stereocenters. The van der Waals surface area contributed by atoms with E-state index in [9.17, 15) is 9.59 Å². The van der Waals surface area contributed by atoms with Gasteiger partial charge in [0.05, 0.1) is 6.54 Å². The van der Waals surface area contributed by atoms with Gasteiger partial charge in [-0.05, 0) is 27.0 Å². The first kappa shape index (κ1) is 14.3. The molecule has 0 aromatic carbocycles. The molecule has 16 heavy (non-hydrogen) atoms. The second kappa shape index (κ2) is 6.71. The molecule has 0 saturated heterocycles. The fourth-order valence-electron chi connectivity index (χ4n) is 0.736. The van der Waals surface area contributed by atoms with Crippen LogP contribution in [0.25, 0.3) is 0 Å². The number of carbonyl (C=O) groups is 2. The molecule has 0 aliphatic carbocycles. The summed E-state index contributed by atoms with van der Waals surface area (Å²) in [6.45, 7) is 8.85. The average Bonchev–Trinajstić information content (AvgIpc) is 2.10. The lowest BCUT2D eigenvalue weighted by atomic mass is 10.2. The van der Waals surface area contributed by atoms with E-state index in [1.165, 1.54) is 6.20 Å². The summed E-state index contributed by atoms with van der Waals surface area (Å²) in [5, 5.41) is 4.68. The summed E-state index contributed by atoms with van der Waals surface area (Å²) in [4.78, 5) is 21.9. The third kappa shape index (κ3) is 8.86. The summed E-state index contributed by atoms with van der Waals surface area (Å²) in [6, 6.07) is 0. The van der Waals surface area contributed by atoms with Gasteiger partial charge in [-0.25, -0.2) is 9.59 Å². The van der Waals surface area contributed by atoms with Gasteiger partial charge < -0.3 is 14.8 Å². The molecule has 0 saturated carbocycles. The largest absolute Gasteiger partial charge is 0.447 e. The van der Waals surface area contributed by atoms with Crippen molar-refractivity contribution in [2.75, 3.05) is 13.2 Å². The Morgan fingerprint density at radius 3 is 2.44 bits per heavy atom. The molecule has 2 amide bonds. The standard InChI is InChI=1S/C10H18N2O4/c1-5-11-8(13)15-7-6-12-9(14)16-10(2,3)4/h5H,1,6-7H2,2-4H3,(H,11,13)(H,12,14). The summed E-state index contributed by atoms with van der Waals surface area (Å²) in [5.74, 6) is 0. The van der Waals surface area contributed by atoms with Gasteiger partial charge >= 0.3 is 12.2 Å². The molecule has 0 aliphatic heterocycles. The van der Waals surface area contributed by atoms with E-state index in [1.54, 1.807) is 20.8 Å². The van der Waals surface area contributed by atoms with Gasteiger partial charge in [-0.15, -0.1) is 0 Å². The van der Waals surface area contributed by atoms with Gasteiger partial charge in [-0.2, -0.15) is 0 Å². The van der Waals surface area contributed by atoms with Crippen molar-refractivity contribution in [3.05, 3.63) is 12.8 Å². The maximum Gasteiger partial charge on any atom is 0.411 e. The fourth-order valence-corrected chi connectivity index (χ4v) is 0.736. The zero-order chi connectivity index (χ0) is 12.6. The third-order valence-corrected chi connectivity index (χ3v) is 1.22. The van der Waals surface area contributed by atoms with Gasteiger partial charge in [-0.1, -0.05) is 6.58 Å². The van der Waals surface area contributed by atoms with Crippen LogP contribution in [0.15, 0.2) is 12.8 Å². The van der Waals surface area contributed by atoms with E-state index in [0.717, 1.165) is 0 Å². The highest BCUT2D eigenvalue weighted by molar-refractivity contribution is 5.69. The summed E-state index contributed by atoms with van der Waals surface area (Å²) in [6.07, 6.45) is 0.0603. The number of hydrogen-bond acceptors (Lipinski definition) is 4. The Bertz CT molecular complexity index is 258. The van der Waals surface area contributed by atoms with E-state index in [1.807, 2.05) is 0 Å². The van der Waals surface area contributed by atoms with E-state index < -0.39 is 17.8 Å². The zero-order valence-corrected chi connectivity index (χ0v) is 9.83. The molecule has 0 aromatic rings. The van der Waals surface area contributed by atoms with E-state index in [2.05, 4.69) is 21.9 Å². The Morgan fingerprint density at radius 2 is 1.94 bits per heavy atom. The van der Waals surface area contributed by atoms with Crippen LogP contribution in [0.2, 0.25) is 0 Å². The number of alkyl carbamates (subject to hydrolysis) is 2. The van der Waals surface area contributed by atoms with Crippen molar-refractivity contribution in [2.45, 2.75) is 26.4 Å². The number of nitrogens with one attached hydrogen (secondary N) is 2. The van der Waals surface area contributed by atoms with Gasteiger partial charge in [0.15, 0.2) is 0 Å². The first-order chi connectivity index (χ1) is 7.35. The van der Waals surface area contributed by atoms with Crippen molar-refractivity contribution < 1.29 is 19.1 Å². The first-order valence-corrected chi connectivity index (χ1v) is 4.86. The van der Waals surface area contributed by atoms with Crippen LogP contribution in [-0.4, -0.2) is 30.9 Å². The van der Waals surface area contributed by atoms with Crippen LogP contribution in [0.4, 0.5) is 9.59 Å². The van der Waals surface area contributed by atoms with E-state index in [0.29, 0.717) is 0 Å². The van der Waals surface area contributed by atoms with Crippen LogP contribution < -0.4 is 10.6 Å². The Balaban J connectivity index is 3.56. The molecule has 6 nitrogen and oxygen atoms in total. The normalized spacial score (nSPS) is 10.2. The molecule has 0 aliphatic rings. The summed E-state index contributed by atoms with van der Waals surface area (Å²) >= 11 is 0. The van der Waals surface area contributed by atoms with Crippen molar-refractivity contribution in [3.8, 4) is 0 Å². The van der Waals surface area contributed by atoms with Crippen molar-refractivity contribution in [2.24, 2.45) is 0 Å². The lowest BCUT2D eigenvalue weighted by molar-refractivity contribution is 0.0512. The topological polar surface area (TPSA) is 76.7 Å². The minimum atomic E-state index is -0.610. The molecule has 2 N–H and O–H groups in total. The number of rotatable bonds is 4. The van der Waals surface area contributed by atoms with Crippen LogP contribution in [0.3, 0.4) is 0 Å². The summed E-state index contributed by atoms with van der Waals surface area (Å²) < 4.78 is 9.64. The van der Waals surface area contributed by atoms with Crippen LogP contribution in [0, 0.1) is 0 Å². The number of ether oxygens (including phenoxy) is 2. The SMILES string of the molecule is C=CNC(=O)OCCNC(=O)OC(C)(C)C. The lowest BCUT2D eigenvalue weighted by Gasteiger charge is -2.19. The van der Waals surface area contributed by atoms with Gasteiger partial charge in [0.2, 0.25) is 0 Å². The fraction of sp³-hybridized carbons (Fsp3) is 0.600. The Hall–Kier alpha value is -1.72. The molecule has 0 spiro atoms. The number of hydrogen-bond donors (Lipinski definition) is 2. The maximum absolute atomic E-state index is 11.1. The lowest BCUT2D eigenvalue weighted by Crippen LogP contribution is -2.35. The van der Waals surface area contributed by atoms with Crippen molar-refractivity contribution in [3.63, 3.8) is 0 Å². The van der Waals surface area contributed by atoms with Crippen LogP contribution in [0.5, 0.6) is 0 Å². The average molecular weight is 230 g/mol. The van der Waals surface area contributed by atoms with Crippen molar-refractivity contribution in [1.82, 2.24) is 10.6 Å². The molecule has 6 heteroatoms. The molecule has 0 heterocycles. The van der Waals surface area contributed by atoms with Gasteiger partial charge in [0.1, 0.15) is 12.2 Å². The second-order valence-corrected chi connectivity index (χ2v) is 3.91. The quantitative estimate of drug-likeness (QED) is 0.715. The molecule has 0 atom stereocenters. The smallest absolute Gasteiger partial charge is 0.411 e. The van der Waals surface area contributed by atoms with Crippen LogP contribution in [-0.2, 0) is 9.47 Å². The molecule has 0 aromatic heterocycles. The molecular formula is C10H18N2O4. The van der Waals surface area contributed by atoms with E-state index in [4.69, 9.17) is 4.74 Å². The summed E-state index contributed by atoms with van der Waals surface area (Å²) in [5.41, 5.74) is -0.537. The van der Waals surface area contributed by atoms with E-state index >= 15 is 0 Å². The summed E-state index contributed by atoms with van der Waals surface area (Å²) in [7, 11) is 0. The third-order valence-electron chi connectivity index (χ3n) is 1.22. The van der Waals surface area contributed by atoms with E-state index in [-0.39, 0.29) is 13.2 Å². The monoisotopic (exact) mass is 230 g/mol. The number of amides is 2. The van der Waals surface area contributed by atoms with Crippen molar-refractivity contribution >= 4 is 12.2 Å². The van der Waals surface area contributed by atoms with Crippen LogP contribution in [0.1, 0.15) is 20.8 Å². The molecular weight excluding hydrogens is 212 g/mol. The van der Waals surface area contributed by atoms with Gasteiger partial charge in [0, 0.05) is 0 Å². The minimum absolute atomic E-state index is 0.0684. The minimum Gasteiger partial charge on any atom is -0.447 e. The highest BCUT2D eigenvalue weighted by atomic mass is 16.6. The highest BCUT2D eigenvalue weighted by Gasteiger charge is 2.15. The van der Waals surface area contributed by atoms with Gasteiger partial charge in [-0.3, -0.25) is 5.32 Å². The Morgan fingerprint density at radius 1 is 1.31 bits per heavy atom. The zero-order valence-electron chi connectivity index (χ0n) is 9.83. The van der Waals surface area contributed by atoms with Crippen LogP contribution >= 0.6 is 0 Å². The Labute approximate surface area is 95.0 Å². The van der Waals surface area contributed by atoms with Gasteiger partial charge in [0.25, 0.3) is 0 Å². The first-order valence-electron chi connectivity index (χ1n) is 4.86. The molecule has 0 radical (unpaired) electrons. The predicted octanol–water partition coefficient (Wildman–Crippen LogP) is 1.38. The molecule has 0 bridgehead atoms. The maximum atomic E-state index is 11.1. The van der Waals surface area contributed by atoms with Crippen molar-refractivity contribution in [1.29, 1.82) is 0 Å². The Kier molecular flexibility index (Phi) is 5.99. The molecule has 0 fully saturated rings. The molecule has 0 rings (SSSR count).